The van der Waals surface area contributed by atoms with E-state index >= 15 is 0 Å². The fraction of sp³-hybridized carbons (Fsp3) is 0.467. The summed E-state index contributed by atoms with van der Waals surface area (Å²) in [6, 6.07) is 4.53. The number of halogens is 2. The number of hydrogen-bond acceptors (Lipinski definition) is 4. The third-order valence-corrected chi connectivity index (χ3v) is 3.69. The first-order valence-electron chi connectivity index (χ1n) is 7.06. The Labute approximate surface area is 135 Å². The highest BCUT2D eigenvalue weighted by molar-refractivity contribution is 5.94. The molecule has 0 aliphatic carbocycles. The maximum atomic E-state index is 14.1. The van der Waals surface area contributed by atoms with E-state index in [0.717, 1.165) is 0 Å². The standard InChI is InChI=1S/C15H20FN3O2.ClH/c1-11(20)12-2-3-14(13(16)10-12)18-6-8-19(9-7-18)15(21)4-5-17;/h2-3,10H,4-9,17H2,1H3;1H. The van der Waals surface area contributed by atoms with Gasteiger partial charge in [0, 0.05) is 44.7 Å². The second-order valence-corrected chi connectivity index (χ2v) is 5.13. The predicted octanol–water partition coefficient (Wildman–Crippen LogP) is 1.45. The van der Waals surface area contributed by atoms with Gasteiger partial charge in [-0.3, -0.25) is 9.59 Å². The SMILES string of the molecule is CC(=O)c1ccc(N2CCN(C(=O)CCN)CC2)c(F)c1.Cl. The number of piperazine rings is 1. The second-order valence-electron chi connectivity index (χ2n) is 5.13. The smallest absolute Gasteiger partial charge is 0.223 e. The van der Waals surface area contributed by atoms with Gasteiger partial charge < -0.3 is 15.5 Å². The molecule has 7 heteroatoms. The summed E-state index contributed by atoms with van der Waals surface area (Å²) >= 11 is 0. The highest BCUT2D eigenvalue weighted by atomic mass is 35.5. The Morgan fingerprint density at radius 3 is 2.36 bits per heavy atom. The Hall–Kier alpha value is -1.66. The van der Waals surface area contributed by atoms with Gasteiger partial charge in [-0.15, -0.1) is 12.4 Å². The van der Waals surface area contributed by atoms with Crippen LogP contribution < -0.4 is 10.6 Å². The van der Waals surface area contributed by atoms with E-state index < -0.39 is 5.82 Å². The van der Waals surface area contributed by atoms with Gasteiger partial charge in [-0.2, -0.15) is 0 Å². The minimum Gasteiger partial charge on any atom is -0.366 e. The molecule has 122 valence electrons. The highest BCUT2D eigenvalue weighted by Crippen LogP contribution is 2.22. The van der Waals surface area contributed by atoms with Crippen LogP contribution in [-0.4, -0.2) is 49.3 Å². The number of ketones is 1. The number of carbonyl (C=O) groups excluding carboxylic acids is 2. The lowest BCUT2D eigenvalue weighted by Gasteiger charge is -2.36. The Bertz CT molecular complexity index is 546. The lowest BCUT2D eigenvalue weighted by atomic mass is 10.1. The summed E-state index contributed by atoms with van der Waals surface area (Å²) in [6.07, 6.45) is 0.349. The molecule has 1 aromatic carbocycles. The van der Waals surface area contributed by atoms with Crippen LogP contribution in [0.5, 0.6) is 0 Å². The first-order chi connectivity index (χ1) is 10.0. The zero-order valence-corrected chi connectivity index (χ0v) is 13.4. The third kappa shape index (κ3) is 4.18. The van der Waals surface area contributed by atoms with Crippen molar-refractivity contribution in [1.82, 2.24) is 4.90 Å². The van der Waals surface area contributed by atoms with Crippen LogP contribution in [0.1, 0.15) is 23.7 Å². The lowest BCUT2D eigenvalue weighted by molar-refractivity contribution is -0.131. The number of amides is 1. The van der Waals surface area contributed by atoms with Crippen molar-refractivity contribution < 1.29 is 14.0 Å². The number of anilines is 1. The second kappa shape index (κ2) is 8.10. The number of Topliss-reactive ketones (excluding diaryl/α,β-unsaturated/α-hetero) is 1. The van der Waals surface area contributed by atoms with E-state index in [1.807, 2.05) is 4.90 Å². The van der Waals surface area contributed by atoms with E-state index in [1.54, 1.807) is 17.0 Å². The molecule has 0 bridgehead atoms. The van der Waals surface area contributed by atoms with Gasteiger partial charge in [0.1, 0.15) is 5.82 Å². The molecule has 1 saturated heterocycles. The fourth-order valence-corrected chi connectivity index (χ4v) is 2.46. The summed E-state index contributed by atoms with van der Waals surface area (Å²) in [5.41, 5.74) is 6.22. The maximum absolute atomic E-state index is 14.1. The van der Waals surface area contributed by atoms with Crippen LogP contribution >= 0.6 is 12.4 Å². The van der Waals surface area contributed by atoms with Crippen LogP contribution in [0, 0.1) is 5.82 Å². The first-order valence-corrected chi connectivity index (χ1v) is 7.06. The Morgan fingerprint density at radius 2 is 1.86 bits per heavy atom. The first kappa shape index (κ1) is 18.4. The molecule has 2 N–H and O–H groups in total. The summed E-state index contributed by atoms with van der Waals surface area (Å²) in [5, 5.41) is 0. The fourth-order valence-electron chi connectivity index (χ4n) is 2.46. The quantitative estimate of drug-likeness (QED) is 0.849. The molecule has 1 heterocycles. The average Bonchev–Trinajstić information content (AvgIpc) is 2.47. The Morgan fingerprint density at radius 1 is 1.23 bits per heavy atom. The van der Waals surface area contributed by atoms with E-state index in [-0.39, 0.29) is 24.1 Å². The van der Waals surface area contributed by atoms with Crippen molar-refractivity contribution in [3.8, 4) is 0 Å². The summed E-state index contributed by atoms with van der Waals surface area (Å²) in [6.45, 7) is 4.04. The van der Waals surface area contributed by atoms with Crippen molar-refractivity contribution in [1.29, 1.82) is 0 Å². The molecule has 1 aliphatic heterocycles. The monoisotopic (exact) mass is 329 g/mol. The molecule has 0 spiro atoms. The van der Waals surface area contributed by atoms with Gasteiger partial charge in [-0.05, 0) is 25.1 Å². The predicted molar refractivity (Wildman–Crippen MR) is 86.1 cm³/mol. The van der Waals surface area contributed by atoms with Crippen molar-refractivity contribution in [2.24, 2.45) is 5.73 Å². The van der Waals surface area contributed by atoms with Crippen LogP contribution in [0.3, 0.4) is 0 Å². The van der Waals surface area contributed by atoms with Crippen molar-refractivity contribution >= 4 is 29.8 Å². The molecule has 0 radical (unpaired) electrons. The van der Waals surface area contributed by atoms with Gasteiger partial charge >= 0.3 is 0 Å². The van der Waals surface area contributed by atoms with Crippen molar-refractivity contribution in [3.05, 3.63) is 29.6 Å². The number of carbonyl (C=O) groups is 2. The van der Waals surface area contributed by atoms with Crippen molar-refractivity contribution in [3.63, 3.8) is 0 Å². The molecule has 0 saturated carbocycles. The molecule has 0 unspecified atom stereocenters. The van der Waals surface area contributed by atoms with Gasteiger partial charge in [0.25, 0.3) is 0 Å². The lowest BCUT2D eigenvalue weighted by Crippen LogP contribution is -2.49. The average molecular weight is 330 g/mol. The number of hydrogen-bond donors (Lipinski definition) is 1. The molecule has 5 nitrogen and oxygen atoms in total. The van der Waals surface area contributed by atoms with Crippen LogP contribution in [0.2, 0.25) is 0 Å². The largest absolute Gasteiger partial charge is 0.366 e. The molecule has 1 fully saturated rings. The van der Waals surface area contributed by atoms with Crippen LogP contribution in [0.15, 0.2) is 18.2 Å². The molecule has 1 aromatic rings. The zero-order chi connectivity index (χ0) is 15.4. The Balaban J connectivity index is 0.00000242. The van der Waals surface area contributed by atoms with E-state index in [1.165, 1.54) is 13.0 Å². The molecule has 0 aromatic heterocycles. The van der Waals surface area contributed by atoms with E-state index in [0.29, 0.717) is 50.4 Å². The van der Waals surface area contributed by atoms with E-state index in [9.17, 15) is 14.0 Å². The van der Waals surface area contributed by atoms with Crippen LogP contribution in [-0.2, 0) is 4.79 Å². The van der Waals surface area contributed by atoms with Crippen LogP contribution in [0.4, 0.5) is 10.1 Å². The van der Waals surface area contributed by atoms with Gasteiger partial charge in [-0.25, -0.2) is 4.39 Å². The normalized spacial score (nSPS) is 14.5. The topological polar surface area (TPSA) is 66.6 Å². The molecular formula is C15H21ClFN3O2. The van der Waals surface area contributed by atoms with Gasteiger partial charge in [0.2, 0.25) is 5.91 Å². The van der Waals surface area contributed by atoms with Gasteiger partial charge in [-0.1, -0.05) is 0 Å². The van der Waals surface area contributed by atoms with Crippen LogP contribution in [0.25, 0.3) is 0 Å². The highest BCUT2D eigenvalue weighted by Gasteiger charge is 2.22. The maximum Gasteiger partial charge on any atom is 0.223 e. The summed E-state index contributed by atoms with van der Waals surface area (Å²) in [4.78, 5) is 26.6. The van der Waals surface area contributed by atoms with E-state index in [4.69, 9.17) is 5.73 Å². The molecule has 2 rings (SSSR count). The number of nitrogens with two attached hydrogens (primary N) is 1. The summed E-state index contributed by atoms with van der Waals surface area (Å²) in [7, 11) is 0. The molecule has 1 amide bonds. The van der Waals surface area contributed by atoms with Crippen molar-refractivity contribution in [2.45, 2.75) is 13.3 Å². The summed E-state index contributed by atoms with van der Waals surface area (Å²) in [5.74, 6) is -0.508. The minimum atomic E-state index is -0.399. The Kier molecular flexibility index (Phi) is 6.77. The molecule has 0 atom stereocenters. The third-order valence-electron chi connectivity index (χ3n) is 3.69. The number of nitrogens with zero attached hydrogens (tertiary/aromatic N) is 2. The zero-order valence-electron chi connectivity index (χ0n) is 12.5. The van der Waals surface area contributed by atoms with Gasteiger partial charge in [0.15, 0.2) is 5.78 Å². The number of benzene rings is 1. The van der Waals surface area contributed by atoms with Crippen molar-refractivity contribution in [2.75, 3.05) is 37.6 Å². The van der Waals surface area contributed by atoms with Gasteiger partial charge in [0.05, 0.1) is 5.69 Å². The van der Waals surface area contributed by atoms with E-state index in [2.05, 4.69) is 0 Å². The molecule has 22 heavy (non-hydrogen) atoms. The number of rotatable bonds is 4. The summed E-state index contributed by atoms with van der Waals surface area (Å²) < 4.78 is 14.1. The molecular weight excluding hydrogens is 309 g/mol. The minimum absolute atomic E-state index is 0. The molecule has 1 aliphatic rings.